The van der Waals surface area contributed by atoms with Gasteiger partial charge in [0.05, 0.1) is 0 Å². The standard InChI is InChI=1S/C12H21NS2/c1-4-13-11(9-15-10(2)3)8-12-6-5-7-14-12/h5-7,10-11,13H,4,8-9H2,1-3H3. The molecule has 1 unspecified atom stereocenters. The Kier molecular flexibility index (Phi) is 6.37. The first-order chi connectivity index (χ1) is 7.22. The zero-order chi connectivity index (χ0) is 11.1. The van der Waals surface area contributed by atoms with Crippen molar-refractivity contribution >= 4 is 23.1 Å². The van der Waals surface area contributed by atoms with Crippen molar-refractivity contribution < 1.29 is 0 Å². The van der Waals surface area contributed by atoms with Crippen molar-refractivity contribution in [2.75, 3.05) is 12.3 Å². The SMILES string of the molecule is CCNC(CSC(C)C)Cc1cccs1. The highest BCUT2D eigenvalue weighted by Gasteiger charge is 2.09. The first-order valence-corrected chi connectivity index (χ1v) is 7.52. The maximum absolute atomic E-state index is 3.56. The summed E-state index contributed by atoms with van der Waals surface area (Å²) >= 11 is 3.91. The van der Waals surface area contributed by atoms with E-state index in [1.807, 2.05) is 23.1 Å². The molecule has 0 bridgehead atoms. The molecule has 1 atom stereocenters. The lowest BCUT2D eigenvalue weighted by atomic mass is 10.2. The second-order valence-electron chi connectivity index (χ2n) is 3.92. The second kappa shape index (κ2) is 7.31. The zero-order valence-corrected chi connectivity index (χ0v) is 11.5. The molecule has 15 heavy (non-hydrogen) atoms. The Hall–Kier alpha value is 0.01000. The molecule has 1 rings (SSSR count). The Bertz CT molecular complexity index is 244. The predicted molar refractivity (Wildman–Crippen MR) is 73.1 cm³/mol. The Morgan fingerprint density at radius 3 is 2.80 bits per heavy atom. The summed E-state index contributed by atoms with van der Waals surface area (Å²) in [6.07, 6.45) is 1.17. The van der Waals surface area contributed by atoms with Crippen LogP contribution in [0.5, 0.6) is 0 Å². The number of hydrogen-bond acceptors (Lipinski definition) is 3. The van der Waals surface area contributed by atoms with Crippen LogP contribution in [0.3, 0.4) is 0 Å². The van der Waals surface area contributed by atoms with Crippen LogP contribution in [0.2, 0.25) is 0 Å². The summed E-state index contributed by atoms with van der Waals surface area (Å²) in [6.45, 7) is 7.77. The third-order valence-corrected chi connectivity index (χ3v) is 4.31. The van der Waals surface area contributed by atoms with E-state index >= 15 is 0 Å². The van der Waals surface area contributed by atoms with E-state index in [4.69, 9.17) is 0 Å². The van der Waals surface area contributed by atoms with Crippen LogP contribution in [0.25, 0.3) is 0 Å². The predicted octanol–water partition coefficient (Wildman–Crippen LogP) is 3.41. The monoisotopic (exact) mass is 243 g/mol. The maximum Gasteiger partial charge on any atom is 0.0206 e. The number of hydrogen-bond donors (Lipinski definition) is 1. The van der Waals surface area contributed by atoms with Crippen molar-refractivity contribution in [2.45, 2.75) is 38.5 Å². The van der Waals surface area contributed by atoms with Gasteiger partial charge in [-0.1, -0.05) is 26.8 Å². The first kappa shape index (κ1) is 13.1. The van der Waals surface area contributed by atoms with Crippen molar-refractivity contribution in [1.29, 1.82) is 0 Å². The van der Waals surface area contributed by atoms with E-state index < -0.39 is 0 Å². The molecule has 0 aliphatic heterocycles. The molecule has 1 nitrogen and oxygen atoms in total. The molecular weight excluding hydrogens is 222 g/mol. The van der Waals surface area contributed by atoms with Crippen LogP contribution in [0.15, 0.2) is 17.5 Å². The fourth-order valence-corrected chi connectivity index (χ4v) is 3.10. The fraction of sp³-hybridized carbons (Fsp3) is 0.667. The Morgan fingerprint density at radius 1 is 1.47 bits per heavy atom. The van der Waals surface area contributed by atoms with E-state index in [0.717, 1.165) is 11.8 Å². The number of thiophene rings is 1. The zero-order valence-electron chi connectivity index (χ0n) is 9.82. The maximum atomic E-state index is 3.56. The topological polar surface area (TPSA) is 12.0 Å². The van der Waals surface area contributed by atoms with Gasteiger partial charge in [0.25, 0.3) is 0 Å². The average molecular weight is 243 g/mol. The van der Waals surface area contributed by atoms with Gasteiger partial charge in [-0.2, -0.15) is 11.8 Å². The van der Waals surface area contributed by atoms with Gasteiger partial charge in [-0.05, 0) is 29.7 Å². The van der Waals surface area contributed by atoms with Crippen LogP contribution < -0.4 is 5.32 Å². The number of likely N-dealkylation sites (N-methyl/N-ethyl adjacent to an activating group) is 1. The van der Waals surface area contributed by atoms with Crippen LogP contribution in [0, 0.1) is 0 Å². The van der Waals surface area contributed by atoms with Gasteiger partial charge in [0, 0.05) is 16.7 Å². The minimum Gasteiger partial charge on any atom is -0.313 e. The molecule has 0 aliphatic rings. The average Bonchev–Trinajstić information content (AvgIpc) is 2.67. The van der Waals surface area contributed by atoms with Crippen LogP contribution >= 0.6 is 23.1 Å². The molecule has 86 valence electrons. The van der Waals surface area contributed by atoms with E-state index in [-0.39, 0.29) is 0 Å². The van der Waals surface area contributed by atoms with Crippen molar-refractivity contribution in [1.82, 2.24) is 5.32 Å². The van der Waals surface area contributed by atoms with E-state index in [0.29, 0.717) is 6.04 Å². The van der Waals surface area contributed by atoms with Gasteiger partial charge >= 0.3 is 0 Å². The van der Waals surface area contributed by atoms with Crippen molar-refractivity contribution in [3.63, 3.8) is 0 Å². The van der Waals surface area contributed by atoms with Gasteiger partial charge in [-0.25, -0.2) is 0 Å². The highest BCUT2D eigenvalue weighted by molar-refractivity contribution is 7.99. The molecular formula is C12H21NS2. The lowest BCUT2D eigenvalue weighted by Crippen LogP contribution is -2.33. The largest absolute Gasteiger partial charge is 0.313 e. The minimum absolute atomic E-state index is 0.626. The number of nitrogens with one attached hydrogen (secondary N) is 1. The van der Waals surface area contributed by atoms with Crippen LogP contribution in [0.4, 0.5) is 0 Å². The molecule has 1 aromatic heterocycles. The summed E-state index contributed by atoms with van der Waals surface area (Å²) in [4.78, 5) is 1.49. The summed E-state index contributed by atoms with van der Waals surface area (Å²) in [7, 11) is 0. The molecule has 1 N–H and O–H groups in total. The van der Waals surface area contributed by atoms with E-state index in [9.17, 15) is 0 Å². The van der Waals surface area contributed by atoms with Gasteiger partial charge in [-0.3, -0.25) is 0 Å². The third kappa shape index (κ3) is 5.59. The van der Waals surface area contributed by atoms with E-state index in [1.165, 1.54) is 17.1 Å². The molecule has 0 radical (unpaired) electrons. The quantitative estimate of drug-likeness (QED) is 0.787. The summed E-state index contributed by atoms with van der Waals surface area (Å²) in [5.41, 5.74) is 0. The van der Waals surface area contributed by atoms with Gasteiger partial charge in [0.1, 0.15) is 0 Å². The van der Waals surface area contributed by atoms with E-state index in [1.54, 1.807) is 0 Å². The smallest absolute Gasteiger partial charge is 0.0206 e. The summed E-state index contributed by atoms with van der Waals surface area (Å²) in [5.74, 6) is 1.21. The molecule has 1 aromatic rings. The highest BCUT2D eigenvalue weighted by atomic mass is 32.2. The summed E-state index contributed by atoms with van der Waals surface area (Å²) < 4.78 is 0. The molecule has 0 aromatic carbocycles. The minimum atomic E-state index is 0.626. The van der Waals surface area contributed by atoms with E-state index in [2.05, 4.69) is 43.6 Å². The molecule has 0 saturated heterocycles. The highest BCUT2D eigenvalue weighted by Crippen LogP contribution is 2.16. The lowest BCUT2D eigenvalue weighted by Gasteiger charge is -2.17. The summed E-state index contributed by atoms with van der Waals surface area (Å²) in [5, 5.41) is 6.45. The first-order valence-electron chi connectivity index (χ1n) is 5.59. The molecule has 3 heteroatoms. The molecule has 0 spiro atoms. The Labute approximate surface area is 102 Å². The van der Waals surface area contributed by atoms with Gasteiger partial charge in [0.2, 0.25) is 0 Å². The number of rotatable bonds is 7. The van der Waals surface area contributed by atoms with Crippen LogP contribution in [-0.2, 0) is 6.42 Å². The third-order valence-electron chi connectivity index (χ3n) is 2.15. The normalized spacial score (nSPS) is 13.3. The lowest BCUT2D eigenvalue weighted by molar-refractivity contribution is 0.576. The van der Waals surface area contributed by atoms with Crippen molar-refractivity contribution in [3.05, 3.63) is 22.4 Å². The molecule has 0 aliphatic carbocycles. The second-order valence-corrected chi connectivity index (χ2v) is 6.56. The molecule has 0 amide bonds. The van der Waals surface area contributed by atoms with Crippen LogP contribution in [-0.4, -0.2) is 23.6 Å². The molecule has 0 saturated carbocycles. The summed E-state index contributed by atoms with van der Waals surface area (Å²) in [6, 6.07) is 4.99. The van der Waals surface area contributed by atoms with Gasteiger partial charge in [-0.15, -0.1) is 11.3 Å². The number of thioether (sulfide) groups is 1. The molecule has 1 heterocycles. The Morgan fingerprint density at radius 2 is 2.27 bits per heavy atom. The molecule has 0 fully saturated rings. The fourth-order valence-electron chi connectivity index (χ4n) is 1.46. The van der Waals surface area contributed by atoms with Gasteiger partial charge < -0.3 is 5.32 Å². The van der Waals surface area contributed by atoms with Crippen LogP contribution in [0.1, 0.15) is 25.6 Å². The van der Waals surface area contributed by atoms with Gasteiger partial charge in [0.15, 0.2) is 0 Å². The Balaban J connectivity index is 2.36. The van der Waals surface area contributed by atoms with Crippen molar-refractivity contribution in [3.8, 4) is 0 Å². The van der Waals surface area contributed by atoms with Crippen molar-refractivity contribution in [2.24, 2.45) is 0 Å².